The minimum atomic E-state index is -0.790. The number of esters is 1. The summed E-state index contributed by atoms with van der Waals surface area (Å²) in [5.41, 5.74) is 0.630. The molecule has 0 aromatic heterocycles. The summed E-state index contributed by atoms with van der Waals surface area (Å²) >= 11 is 11.9. The summed E-state index contributed by atoms with van der Waals surface area (Å²) in [6.45, 7) is 3.61. The summed E-state index contributed by atoms with van der Waals surface area (Å²) in [6.07, 6.45) is 2.29. The zero-order valence-corrected chi connectivity index (χ0v) is 16.7. The van der Waals surface area contributed by atoms with Crippen molar-refractivity contribution in [2.24, 2.45) is 4.99 Å². The van der Waals surface area contributed by atoms with E-state index in [-0.39, 0.29) is 12.5 Å². The van der Waals surface area contributed by atoms with E-state index < -0.39 is 6.10 Å². The molecule has 0 amide bonds. The summed E-state index contributed by atoms with van der Waals surface area (Å²) in [4.78, 5) is 15.4. The third-order valence-corrected chi connectivity index (χ3v) is 4.05. The number of methoxy groups -OCH3 is 1. The van der Waals surface area contributed by atoms with E-state index in [1.54, 1.807) is 18.2 Å². The third-order valence-electron chi connectivity index (χ3n) is 3.61. The van der Waals surface area contributed by atoms with Crippen molar-refractivity contribution < 1.29 is 14.6 Å². The van der Waals surface area contributed by atoms with Gasteiger partial charge in [-0.3, -0.25) is 9.79 Å². The molecule has 1 unspecified atom stereocenters. The molecule has 0 fully saturated rings. The van der Waals surface area contributed by atoms with E-state index in [0.717, 1.165) is 25.8 Å². The number of rotatable bonds is 10. The number of aliphatic imine (C=N–C) groups is 1. The molecule has 26 heavy (non-hydrogen) atoms. The highest BCUT2D eigenvalue weighted by molar-refractivity contribution is 6.34. The van der Waals surface area contributed by atoms with Gasteiger partial charge in [-0.25, -0.2) is 0 Å². The quantitative estimate of drug-likeness (QED) is 0.241. The lowest BCUT2D eigenvalue weighted by Gasteiger charge is -2.14. The Bertz CT molecular complexity index is 577. The van der Waals surface area contributed by atoms with Gasteiger partial charge in [-0.15, -0.1) is 0 Å². The molecule has 0 saturated heterocycles. The van der Waals surface area contributed by atoms with Crippen molar-refractivity contribution in [2.75, 3.05) is 26.7 Å². The average Bonchev–Trinajstić information content (AvgIpc) is 2.60. The Kier molecular flexibility index (Phi) is 11.1. The fourth-order valence-electron chi connectivity index (χ4n) is 2.27. The summed E-state index contributed by atoms with van der Waals surface area (Å²) in [5.74, 6) is 0.454. The molecule has 0 aliphatic heterocycles. The second kappa shape index (κ2) is 12.8. The largest absolute Gasteiger partial charge is 0.469 e. The van der Waals surface area contributed by atoms with Gasteiger partial charge in [-0.05, 0) is 43.5 Å². The number of hydrogen-bond acceptors (Lipinski definition) is 4. The first-order valence-corrected chi connectivity index (χ1v) is 9.45. The minimum absolute atomic E-state index is 0.178. The lowest BCUT2D eigenvalue weighted by Crippen LogP contribution is -2.38. The molecule has 0 saturated carbocycles. The standard InChI is InChI=1S/C18H27Cl2N3O3/c1-3-21-18(22-8-6-4-5-7-17(25)26-2)23-12-16(24)13-9-14(19)11-15(20)10-13/h9-11,16,24H,3-8,12H2,1-2H3,(H2,21,22,23). The Labute approximate surface area is 164 Å². The van der Waals surface area contributed by atoms with Gasteiger partial charge < -0.3 is 20.5 Å². The first-order chi connectivity index (χ1) is 12.5. The lowest BCUT2D eigenvalue weighted by molar-refractivity contribution is -0.140. The van der Waals surface area contributed by atoms with Gasteiger partial charge >= 0.3 is 5.97 Å². The zero-order valence-electron chi connectivity index (χ0n) is 15.2. The second-order valence-electron chi connectivity index (χ2n) is 5.75. The van der Waals surface area contributed by atoms with Crippen LogP contribution in [0, 0.1) is 0 Å². The van der Waals surface area contributed by atoms with Gasteiger partial charge in [0.25, 0.3) is 0 Å². The number of ether oxygens (including phenoxy) is 1. The number of aliphatic hydroxyl groups is 1. The van der Waals surface area contributed by atoms with Crippen molar-refractivity contribution in [3.8, 4) is 0 Å². The number of benzene rings is 1. The van der Waals surface area contributed by atoms with Crippen LogP contribution in [0.1, 0.15) is 44.3 Å². The highest BCUT2D eigenvalue weighted by Gasteiger charge is 2.09. The molecular formula is C18H27Cl2N3O3. The van der Waals surface area contributed by atoms with Crippen LogP contribution in [0.5, 0.6) is 0 Å². The molecule has 6 nitrogen and oxygen atoms in total. The average molecular weight is 404 g/mol. The summed E-state index contributed by atoms with van der Waals surface area (Å²) in [6, 6.07) is 4.97. The third kappa shape index (κ3) is 9.27. The van der Waals surface area contributed by atoms with E-state index in [0.29, 0.717) is 34.5 Å². The van der Waals surface area contributed by atoms with E-state index in [1.807, 2.05) is 6.92 Å². The highest BCUT2D eigenvalue weighted by Crippen LogP contribution is 2.23. The van der Waals surface area contributed by atoms with Gasteiger partial charge in [0.1, 0.15) is 0 Å². The maximum absolute atomic E-state index is 11.0. The van der Waals surface area contributed by atoms with Gasteiger partial charge in [0.15, 0.2) is 5.96 Å². The second-order valence-corrected chi connectivity index (χ2v) is 6.62. The molecule has 1 rings (SSSR count). The number of aliphatic hydroxyl groups excluding tert-OH is 1. The Morgan fingerprint density at radius 1 is 1.19 bits per heavy atom. The molecule has 0 radical (unpaired) electrons. The zero-order chi connectivity index (χ0) is 19.4. The number of carbonyl (C=O) groups excluding carboxylic acids is 1. The summed E-state index contributed by atoms with van der Waals surface area (Å²) in [5, 5.41) is 17.6. The minimum Gasteiger partial charge on any atom is -0.469 e. The Morgan fingerprint density at radius 2 is 1.88 bits per heavy atom. The smallest absolute Gasteiger partial charge is 0.305 e. The van der Waals surface area contributed by atoms with Crippen LogP contribution >= 0.6 is 23.2 Å². The Balaban J connectivity index is 2.43. The molecule has 8 heteroatoms. The molecule has 0 aliphatic rings. The fraction of sp³-hybridized carbons (Fsp3) is 0.556. The molecule has 3 N–H and O–H groups in total. The summed E-state index contributed by atoms with van der Waals surface area (Å²) in [7, 11) is 1.40. The molecule has 0 bridgehead atoms. The van der Waals surface area contributed by atoms with Crippen LogP contribution in [0.25, 0.3) is 0 Å². The van der Waals surface area contributed by atoms with Crippen molar-refractivity contribution in [1.82, 2.24) is 10.6 Å². The van der Waals surface area contributed by atoms with E-state index in [4.69, 9.17) is 23.2 Å². The number of nitrogens with one attached hydrogen (secondary N) is 2. The van der Waals surface area contributed by atoms with E-state index >= 15 is 0 Å². The molecule has 0 heterocycles. The van der Waals surface area contributed by atoms with Crippen LogP contribution in [-0.2, 0) is 9.53 Å². The normalized spacial score (nSPS) is 12.6. The fourth-order valence-corrected chi connectivity index (χ4v) is 2.82. The topological polar surface area (TPSA) is 83.0 Å². The number of guanidine groups is 1. The molecule has 146 valence electrons. The van der Waals surface area contributed by atoms with Crippen molar-refractivity contribution in [1.29, 1.82) is 0 Å². The van der Waals surface area contributed by atoms with Gasteiger partial charge in [-0.2, -0.15) is 0 Å². The van der Waals surface area contributed by atoms with Crippen LogP contribution in [-0.4, -0.2) is 43.8 Å². The predicted octanol–water partition coefficient (Wildman–Crippen LogP) is 3.32. The van der Waals surface area contributed by atoms with Crippen LogP contribution < -0.4 is 10.6 Å². The Morgan fingerprint density at radius 3 is 2.50 bits per heavy atom. The van der Waals surface area contributed by atoms with Crippen LogP contribution in [0.15, 0.2) is 23.2 Å². The maximum Gasteiger partial charge on any atom is 0.305 e. The van der Waals surface area contributed by atoms with E-state index in [9.17, 15) is 9.90 Å². The van der Waals surface area contributed by atoms with E-state index in [2.05, 4.69) is 20.4 Å². The number of unbranched alkanes of at least 4 members (excludes halogenated alkanes) is 2. The summed E-state index contributed by atoms with van der Waals surface area (Å²) < 4.78 is 4.61. The van der Waals surface area contributed by atoms with Crippen LogP contribution in [0.2, 0.25) is 10.0 Å². The van der Waals surface area contributed by atoms with Crippen molar-refractivity contribution in [3.63, 3.8) is 0 Å². The predicted molar refractivity (Wildman–Crippen MR) is 106 cm³/mol. The van der Waals surface area contributed by atoms with Gasteiger partial charge in [0.05, 0.1) is 19.8 Å². The maximum atomic E-state index is 11.0. The van der Waals surface area contributed by atoms with Crippen LogP contribution in [0.4, 0.5) is 0 Å². The molecule has 0 spiro atoms. The monoisotopic (exact) mass is 403 g/mol. The number of carbonyl (C=O) groups is 1. The Hall–Kier alpha value is -1.50. The first-order valence-electron chi connectivity index (χ1n) is 8.69. The molecular weight excluding hydrogens is 377 g/mol. The molecule has 1 aromatic carbocycles. The molecule has 1 aromatic rings. The van der Waals surface area contributed by atoms with Gasteiger partial charge in [0, 0.05) is 29.6 Å². The lowest BCUT2D eigenvalue weighted by atomic mass is 10.1. The van der Waals surface area contributed by atoms with Gasteiger partial charge in [-0.1, -0.05) is 29.6 Å². The molecule has 0 aliphatic carbocycles. The van der Waals surface area contributed by atoms with Crippen LogP contribution in [0.3, 0.4) is 0 Å². The van der Waals surface area contributed by atoms with Crippen molar-refractivity contribution in [2.45, 2.75) is 38.7 Å². The van der Waals surface area contributed by atoms with E-state index in [1.165, 1.54) is 7.11 Å². The number of hydrogen-bond donors (Lipinski definition) is 3. The van der Waals surface area contributed by atoms with Gasteiger partial charge in [0.2, 0.25) is 0 Å². The van der Waals surface area contributed by atoms with Crippen molar-refractivity contribution in [3.05, 3.63) is 33.8 Å². The highest BCUT2D eigenvalue weighted by atomic mass is 35.5. The SMILES string of the molecule is CCNC(=NCC(O)c1cc(Cl)cc(Cl)c1)NCCCCCC(=O)OC. The van der Waals surface area contributed by atoms with Crippen molar-refractivity contribution >= 4 is 35.1 Å². The number of nitrogens with zero attached hydrogens (tertiary/aromatic N) is 1. The first kappa shape index (κ1) is 22.5. The molecule has 1 atom stereocenters. The number of halogens is 2.